The Kier molecular flexibility index (Phi) is 5.59. The molecule has 0 aliphatic rings. The van der Waals surface area contributed by atoms with Gasteiger partial charge in [-0.3, -0.25) is 10.1 Å². The van der Waals surface area contributed by atoms with Gasteiger partial charge in [-0.15, -0.1) is 11.3 Å². The van der Waals surface area contributed by atoms with E-state index < -0.39 is 14.9 Å². The van der Waals surface area contributed by atoms with Crippen LogP contribution in [-0.4, -0.2) is 34.7 Å². The SMILES string of the molecule is Cc1cc(C)n(-c2nc(CCNS(=O)(=O)c3cc([N+](=O)[O-])ccc3C)cs2)n1. The number of aryl methyl sites for hydroxylation is 3. The van der Waals surface area contributed by atoms with E-state index in [0.29, 0.717) is 12.0 Å². The molecule has 11 heteroatoms. The molecule has 3 rings (SSSR count). The van der Waals surface area contributed by atoms with Crippen molar-refractivity contribution in [1.29, 1.82) is 0 Å². The summed E-state index contributed by atoms with van der Waals surface area (Å²) in [4.78, 5) is 14.7. The minimum absolute atomic E-state index is 0.0942. The lowest BCUT2D eigenvalue weighted by molar-refractivity contribution is -0.385. The largest absolute Gasteiger partial charge is 0.270 e. The highest BCUT2D eigenvalue weighted by molar-refractivity contribution is 7.89. The molecule has 0 atom stereocenters. The van der Waals surface area contributed by atoms with Crippen molar-refractivity contribution < 1.29 is 13.3 Å². The molecule has 28 heavy (non-hydrogen) atoms. The molecule has 0 spiro atoms. The quantitative estimate of drug-likeness (QED) is 0.463. The van der Waals surface area contributed by atoms with E-state index in [2.05, 4.69) is 14.8 Å². The van der Waals surface area contributed by atoms with Gasteiger partial charge in [0.1, 0.15) is 0 Å². The monoisotopic (exact) mass is 421 g/mol. The third-order valence-corrected chi connectivity index (χ3v) is 6.54. The number of nitro benzene ring substituents is 1. The van der Waals surface area contributed by atoms with E-state index in [1.54, 1.807) is 11.6 Å². The van der Waals surface area contributed by atoms with Gasteiger partial charge in [0.2, 0.25) is 15.2 Å². The zero-order valence-electron chi connectivity index (χ0n) is 15.5. The number of nitrogens with zero attached hydrogens (tertiary/aromatic N) is 4. The molecule has 0 saturated carbocycles. The van der Waals surface area contributed by atoms with E-state index in [1.807, 2.05) is 25.3 Å². The third kappa shape index (κ3) is 4.26. The summed E-state index contributed by atoms with van der Waals surface area (Å²) in [5, 5.41) is 17.9. The van der Waals surface area contributed by atoms with E-state index in [-0.39, 0.29) is 17.1 Å². The standard InChI is InChI=1S/C17H19N5O4S2/c1-11-4-5-15(22(23)24)9-16(11)28(25,26)18-7-6-14-10-27-17(19-14)21-13(3)8-12(2)20-21/h4-5,8-10,18H,6-7H2,1-3H3. The molecule has 148 valence electrons. The van der Waals surface area contributed by atoms with E-state index in [0.717, 1.165) is 28.3 Å². The Labute approximate surface area is 166 Å². The van der Waals surface area contributed by atoms with Crippen LogP contribution in [0, 0.1) is 30.9 Å². The molecule has 0 radical (unpaired) electrons. The number of nitrogens with one attached hydrogen (secondary N) is 1. The highest BCUT2D eigenvalue weighted by Crippen LogP contribution is 2.22. The van der Waals surface area contributed by atoms with Crippen LogP contribution in [0.25, 0.3) is 5.13 Å². The number of thiazole rings is 1. The number of nitro groups is 1. The highest BCUT2D eigenvalue weighted by atomic mass is 32.2. The van der Waals surface area contributed by atoms with Crippen molar-refractivity contribution in [2.24, 2.45) is 0 Å². The summed E-state index contributed by atoms with van der Waals surface area (Å²) in [5.74, 6) is 0. The van der Waals surface area contributed by atoms with Gasteiger partial charge in [0.05, 0.1) is 21.2 Å². The summed E-state index contributed by atoms with van der Waals surface area (Å²) in [5.41, 5.74) is 2.79. The number of benzene rings is 1. The maximum Gasteiger partial charge on any atom is 0.270 e. The van der Waals surface area contributed by atoms with Crippen LogP contribution < -0.4 is 4.72 Å². The normalized spacial score (nSPS) is 11.7. The highest BCUT2D eigenvalue weighted by Gasteiger charge is 2.20. The lowest BCUT2D eigenvalue weighted by Crippen LogP contribution is -2.26. The van der Waals surface area contributed by atoms with E-state index in [1.165, 1.54) is 23.5 Å². The lowest BCUT2D eigenvalue weighted by Gasteiger charge is -2.08. The fourth-order valence-electron chi connectivity index (χ4n) is 2.71. The third-order valence-electron chi connectivity index (χ3n) is 4.08. The van der Waals surface area contributed by atoms with Crippen LogP contribution in [-0.2, 0) is 16.4 Å². The number of hydrogen-bond acceptors (Lipinski definition) is 7. The Morgan fingerprint density at radius 2 is 2.00 bits per heavy atom. The second kappa shape index (κ2) is 7.78. The molecule has 0 saturated heterocycles. The van der Waals surface area contributed by atoms with Crippen LogP contribution in [0.1, 0.15) is 22.6 Å². The fourth-order valence-corrected chi connectivity index (χ4v) is 4.87. The molecule has 3 aromatic rings. The Balaban J connectivity index is 1.69. The molecule has 0 unspecified atom stereocenters. The molecular weight excluding hydrogens is 402 g/mol. The lowest BCUT2D eigenvalue weighted by atomic mass is 10.2. The van der Waals surface area contributed by atoms with Crippen molar-refractivity contribution in [3.8, 4) is 5.13 Å². The van der Waals surface area contributed by atoms with Gasteiger partial charge >= 0.3 is 0 Å². The number of sulfonamides is 1. The van der Waals surface area contributed by atoms with Crippen LogP contribution in [0.5, 0.6) is 0 Å². The first-order valence-electron chi connectivity index (χ1n) is 8.40. The smallest absolute Gasteiger partial charge is 0.258 e. The van der Waals surface area contributed by atoms with E-state index in [9.17, 15) is 18.5 Å². The predicted molar refractivity (Wildman–Crippen MR) is 105 cm³/mol. The van der Waals surface area contributed by atoms with Gasteiger partial charge < -0.3 is 0 Å². The predicted octanol–water partition coefficient (Wildman–Crippen LogP) is 2.68. The second-order valence-electron chi connectivity index (χ2n) is 6.32. The Morgan fingerprint density at radius 3 is 2.64 bits per heavy atom. The van der Waals surface area contributed by atoms with Crippen LogP contribution >= 0.6 is 11.3 Å². The molecule has 1 N–H and O–H groups in total. The summed E-state index contributed by atoms with van der Waals surface area (Å²) in [6, 6.07) is 5.73. The average molecular weight is 422 g/mol. The fraction of sp³-hybridized carbons (Fsp3) is 0.294. The molecular formula is C17H19N5O4S2. The van der Waals surface area contributed by atoms with Gasteiger partial charge in [0, 0.05) is 36.2 Å². The maximum atomic E-state index is 12.5. The Bertz CT molecular complexity index is 1130. The molecule has 2 heterocycles. The first-order chi connectivity index (χ1) is 13.2. The van der Waals surface area contributed by atoms with Crippen LogP contribution in [0.4, 0.5) is 5.69 Å². The number of hydrogen-bond donors (Lipinski definition) is 1. The Morgan fingerprint density at radius 1 is 1.25 bits per heavy atom. The van der Waals surface area contributed by atoms with E-state index in [4.69, 9.17) is 0 Å². The van der Waals surface area contributed by atoms with Crippen molar-refractivity contribution in [2.45, 2.75) is 32.1 Å². The van der Waals surface area contributed by atoms with Gasteiger partial charge in [-0.2, -0.15) is 5.10 Å². The molecule has 2 aromatic heterocycles. The van der Waals surface area contributed by atoms with E-state index >= 15 is 0 Å². The minimum Gasteiger partial charge on any atom is -0.258 e. The van der Waals surface area contributed by atoms with Gasteiger partial charge in [0.15, 0.2) is 0 Å². The second-order valence-corrected chi connectivity index (χ2v) is 8.89. The van der Waals surface area contributed by atoms with Gasteiger partial charge in [-0.05, 0) is 32.4 Å². The molecule has 0 aliphatic carbocycles. The summed E-state index contributed by atoms with van der Waals surface area (Å²) < 4.78 is 29.3. The summed E-state index contributed by atoms with van der Waals surface area (Å²) in [6.07, 6.45) is 0.392. The topological polar surface area (TPSA) is 120 Å². The molecule has 0 fully saturated rings. The van der Waals surface area contributed by atoms with Crippen LogP contribution in [0.3, 0.4) is 0 Å². The van der Waals surface area contributed by atoms with Crippen LogP contribution in [0.15, 0.2) is 34.5 Å². The zero-order chi connectivity index (χ0) is 20.5. The Hall–Kier alpha value is -2.63. The zero-order valence-corrected chi connectivity index (χ0v) is 17.2. The molecule has 9 nitrogen and oxygen atoms in total. The van der Waals surface area contributed by atoms with Crippen molar-refractivity contribution >= 4 is 27.0 Å². The molecule has 0 bridgehead atoms. The van der Waals surface area contributed by atoms with Gasteiger partial charge in [-0.1, -0.05) is 6.07 Å². The first kappa shape index (κ1) is 20.1. The van der Waals surface area contributed by atoms with Crippen molar-refractivity contribution in [3.05, 3.63) is 62.4 Å². The molecule has 0 amide bonds. The summed E-state index contributed by atoms with van der Waals surface area (Å²) in [6.45, 7) is 5.57. The summed E-state index contributed by atoms with van der Waals surface area (Å²) in [7, 11) is -3.86. The van der Waals surface area contributed by atoms with Crippen molar-refractivity contribution in [2.75, 3.05) is 6.54 Å². The molecule has 0 aliphatic heterocycles. The first-order valence-corrected chi connectivity index (χ1v) is 10.8. The minimum atomic E-state index is -3.86. The average Bonchev–Trinajstić information content (AvgIpc) is 3.20. The number of non-ortho nitro benzene ring substituents is 1. The number of rotatable bonds is 7. The summed E-state index contributed by atoms with van der Waals surface area (Å²) >= 11 is 1.43. The van der Waals surface area contributed by atoms with Crippen molar-refractivity contribution in [1.82, 2.24) is 19.5 Å². The van der Waals surface area contributed by atoms with Crippen molar-refractivity contribution in [3.63, 3.8) is 0 Å². The van der Waals surface area contributed by atoms with Crippen LogP contribution in [0.2, 0.25) is 0 Å². The number of aromatic nitrogens is 3. The molecule has 1 aromatic carbocycles. The van der Waals surface area contributed by atoms with Gasteiger partial charge in [-0.25, -0.2) is 22.8 Å². The maximum absolute atomic E-state index is 12.5. The van der Waals surface area contributed by atoms with Gasteiger partial charge in [0.25, 0.3) is 5.69 Å².